The highest BCUT2D eigenvalue weighted by atomic mass is 35.5. The molecule has 4 heteroatoms. The largest absolute Gasteiger partial charge is 0.378 e. The fourth-order valence-corrected chi connectivity index (χ4v) is 2.30. The molecule has 0 bridgehead atoms. The SMILES string of the molecule is CC1CC(C(=O)NC2COCC2Cl)C1. The van der Waals surface area contributed by atoms with Crippen molar-refractivity contribution in [2.45, 2.75) is 31.2 Å². The van der Waals surface area contributed by atoms with E-state index in [1.165, 1.54) is 0 Å². The molecule has 2 aliphatic rings. The number of carbonyl (C=O) groups is 1. The number of ether oxygens (including phenoxy) is 1. The van der Waals surface area contributed by atoms with Crippen molar-refractivity contribution in [2.24, 2.45) is 11.8 Å². The smallest absolute Gasteiger partial charge is 0.223 e. The van der Waals surface area contributed by atoms with Gasteiger partial charge in [0.2, 0.25) is 5.91 Å². The van der Waals surface area contributed by atoms with E-state index in [-0.39, 0.29) is 23.2 Å². The zero-order chi connectivity index (χ0) is 10.1. The van der Waals surface area contributed by atoms with Crippen LogP contribution in [-0.4, -0.2) is 30.5 Å². The molecule has 2 unspecified atom stereocenters. The van der Waals surface area contributed by atoms with Crippen molar-refractivity contribution in [1.29, 1.82) is 0 Å². The summed E-state index contributed by atoms with van der Waals surface area (Å²) in [4.78, 5) is 11.6. The van der Waals surface area contributed by atoms with Crippen LogP contribution in [-0.2, 0) is 9.53 Å². The quantitative estimate of drug-likeness (QED) is 0.705. The van der Waals surface area contributed by atoms with E-state index < -0.39 is 0 Å². The average Bonchev–Trinajstić information content (AvgIpc) is 2.46. The van der Waals surface area contributed by atoms with E-state index in [0.29, 0.717) is 19.1 Å². The minimum Gasteiger partial charge on any atom is -0.378 e. The highest BCUT2D eigenvalue weighted by Gasteiger charge is 2.35. The molecule has 0 radical (unpaired) electrons. The molecule has 1 amide bonds. The summed E-state index contributed by atoms with van der Waals surface area (Å²) in [7, 11) is 0. The normalized spacial score (nSPS) is 41.9. The molecule has 0 aromatic rings. The zero-order valence-electron chi connectivity index (χ0n) is 8.33. The van der Waals surface area contributed by atoms with Crippen LogP contribution in [0.15, 0.2) is 0 Å². The number of carbonyl (C=O) groups excluding carboxylic acids is 1. The third kappa shape index (κ3) is 2.04. The van der Waals surface area contributed by atoms with E-state index in [4.69, 9.17) is 16.3 Å². The molecule has 1 aliphatic heterocycles. The number of nitrogens with one attached hydrogen (secondary N) is 1. The van der Waals surface area contributed by atoms with Gasteiger partial charge in [-0.2, -0.15) is 0 Å². The standard InChI is InChI=1S/C10H16ClNO2/c1-6-2-7(3-6)10(13)12-9-5-14-4-8(9)11/h6-9H,2-5H2,1H3,(H,12,13). The van der Waals surface area contributed by atoms with Crippen LogP contribution in [0, 0.1) is 11.8 Å². The predicted molar refractivity (Wildman–Crippen MR) is 54.3 cm³/mol. The lowest BCUT2D eigenvalue weighted by molar-refractivity contribution is -0.129. The molecular formula is C10H16ClNO2. The molecular weight excluding hydrogens is 202 g/mol. The van der Waals surface area contributed by atoms with Crippen LogP contribution < -0.4 is 5.32 Å². The van der Waals surface area contributed by atoms with Crippen molar-refractivity contribution >= 4 is 17.5 Å². The van der Waals surface area contributed by atoms with Gasteiger partial charge < -0.3 is 10.1 Å². The fraction of sp³-hybridized carbons (Fsp3) is 0.900. The summed E-state index contributed by atoms with van der Waals surface area (Å²) in [5.74, 6) is 1.08. The average molecular weight is 218 g/mol. The molecule has 0 aromatic carbocycles. The summed E-state index contributed by atoms with van der Waals surface area (Å²) in [5.41, 5.74) is 0. The third-order valence-corrected chi connectivity index (χ3v) is 3.51. The monoisotopic (exact) mass is 217 g/mol. The zero-order valence-corrected chi connectivity index (χ0v) is 9.09. The Morgan fingerprint density at radius 3 is 2.64 bits per heavy atom. The summed E-state index contributed by atoms with van der Waals surface area (Å²) < 4.78 is 5.18. The number of alkyl halides is 1. The van der Waals surface area contributed by atoms with Crippen molar-refractivity contribution in [2.75, 3.05) is 13.2 Å². The maximum absolute atomic E-state index is 11.6. The highest BCUT2D eigenvalue weighted by Crippen LogP contribution is 2.33. The molecule has 2 rings (SSSR count). The van der Waals surface area contributed by atoms with Gasteiger partial charge in [0.25, 0.3) is 0 Å². The minimum absolute atomic E-state index is 0.0140. The number of hydrogen-bond acceptors (Lipinski definition) is 2. The van der Waals surface area contributed by atoms with E-state index in [2.05, 4.69) is 12.2 Å². The van der Waals surface area contributed by atoms with Gasteiger partial charge in [-0.3, -0.25) is 4.79 Å². The van der Waals surface area contributed by atoms with Crippen LogP contribution in [0.3, 0.4) is 0 Å². The van der Waals surface area contributed by atoms with Crippen molar-refractivity contribution in [3.8, 4) is 0 Å². The van der Waals surface area contributed by atoms with Crippen LogP contribution in [0.5, 0.6) is 0 Å². The van der Waals surface area contributed by atoms with Gasteiger partial charge in [0.05, 0.1) is 24.6 Å². The molecule has 80 valence electrons. The first-order chi connectivity index (χ1) is 6.66. The summed E-state index contributed by atoms with van der Waals surface area (Å²) in [6.45, 7) is 3.28. The minimum atomic E-state index is -0.0588. The predicted octanol–water partition coefficient (Wildman–Crippen LogP) is 1.15. The Hall–Kier alpha value is -0.280. The Morgan fingerprint density at radius 1 is 1.43 bits per heavy atom. The lowest BCUT2D eigenvalue weighted by Gasteiger charge is -2.32. The summed E-state index contributed by atoms with van der Waals surface area (Å²) in [6.07, 6.45) is 2.04. The first-order valence-corrected chi connectivity index (χ1v) is 5.62. The molecule has 0 aromatic heterocycles. The molecule has 1 saturated carbocycles. The van der Waals surface area contributed by atoms with E-state index in [1.807, 2.05) is 0 Å². The number of amides is 1. The van der Waals surface area contributed by atoms with Gasteiger partial charge in [-0.25, -0.2) is 0 Å². The maximum Gasteiger partial charge on any atom is 0.223 e. The second-order valence-electron chi connectivity index (χ2n) is 4.44. The van der Waals surface area contributed by atoms with Gasteiger partial charge in [0.15, 0.2) is 0 Å². The lowest BCUT2D eigenvalue weighted by atomic mass is 9.75. The van der Waals surface area contributed by atoms with Crippen LogP contribution in [0.25, 0.3) is 0 Å². The molecule has 1 saturated heterocycles. The van der Waals surface area contributed by atoms with E-state index in [0.717, 1.165) is 12.8 Å². The van der Waals surface area contributed by atoms with E-state index in [1.54, 1.807) is 0 Å². The molecule has 2 atom stereocenters. The van der Waals surface area contributed by atoms with Crippen molar-refractivity contribution < 1.29 is 9.53 Å². The highest BCUT2D eigenvalue weighted by molar-refractivity contribution is 6.21. The van der Waals surface area contributed by atoms with Crippen molar-refractivity contribution in [1.82, 2.24) is 5.32 Å². The fourth-order valence-electron chi connectivity index (χ4n) is 2.08. The first kappa shape index (κ1) is 10.2. The Balaban J connectivity index is 1.77. The molecule has 1 aliphatic carbocycles. The van der Waals surface area contributed by atoms with Crippen molar-refractivity contribution in [3.63, 3.8) is 0 Å². The van der Waals surface area contributed by atoms with Gasteiger partial charge >= 0.3 is 0 Å². The summed E-state index contributed by atoms with van der Waals surface area (Å²) in [5, 5.41) is 2.90. The van der Waals surface area contributed by atoms with Crippen LogP contribution in [0.4, 0.5) is 0 Å². The molecule has 1 N–H and O–H groups in total. The Kier molecular flexibility index (Phi) is 2.98. The van der Waals surface area contributed by atoms with Gasteiger partial charge in [0, 0.05) is 5.92 Å². The summed E-state index contributed by atoms with van der Waals surface area (Å²) in [6, 6.07) is 0.0140. The number of hydrogen-bond donors (Lipinski definition) is 1. The first-order valence-electron chi connectivity index (χ1n) is 5.19. The molecule has 3 nitrogen and oxygen atoms in total. The Morgan fingerprint density at radius 2 is 2.14 bits per heavy atom. The van der Waals surface area contributed by atoms with Gasteiger partial charge in [-0.15, -0.1) is 11.6 Å². The lowest BCUT2D eigenvalue weighted by Crippen LogP contribution is -2.46. The molecule has 1 heterocycles. The van der Waals surface area contributed by atoms with E-state index in [9.17, 15) is 4.79 Å². The van der Waals surface area contributed by atoms with Crippen molar-refractivity contribution in [3.05, 3.63) is 0 Å². The maximum atomic E-state index is 11.6. The van der Waals surface area contributed by atoms with Gasteiger partial charge in [-0.1, -0.05) is 6.92 Å². The number of halogens is 1. The topological polar surface area (TPSA) is 38.3 Å². The molecule has 2 fully saturated rings. The third-order valence-electron chi connectivity index (χ3n) is 3.08. The van der Waals surface area contributed by atoms with Crippen LogP contribution in [0.1, 0.15) is 19.8 Å². The molecule has 0 spiro atoms. The van der Waals surface area contributed by atoms with Crippen LogP contribution in [0.2, 0.25) is 0 Å². The Labute approximate surface area is 89.1 Å². The van der Waals surface area contributed by atoms with Gasteiger partial charge in [0.1, 0.15) is 0 Å². The number of rotatable bonds is 2. The molecule has 14 heavy (non-hydrogen) atoms. The Bertz CT molecular complexity index is 228. The van der Waals surface area contributed by atoms with Crippen LogP contribution >= 0.6 is 11.6 Å². The second-order valence-corrected chi connectivity index (χ2v) is 5.00. The second kappa shape index (κ2) is 4.07. The van der Waals surface area contributed by atoms with E-state index >= 15 is 0 Å². The van der Waals surface area contributed by atoms with Gasteiger partial charge in [-0.05, 0) is 18.8 Å². The summed E-state index contributed by atoms with van der Waals surface area (Å²) >= 11 is 5.98.